The molecule has 0 radical (unpaired) electrons. The molecule has 0 amide bonds. The Morgan fingerprint density at radius 1 is 1.89 bits per heavy atom. The molecule has 1 rings (SSSR count). The summed E-state index contributed by atoms with van der Waals surface area (Å²) in [4.78, 5) is 8.83. The molecule has 1 aliphatic heterocycles. The third-order valence-corrected chi connectivity index (χ3v) is 1.20. The van der Waals surface area contributed by atoms with E-state index in [1.807, 2.05) is 0 Å². The van der Waals surface area contributed by atoms with E-state index in [0.717, 1.165) is 6.54 Å². The Kier molecular flexibility index (Phi) is 2.02. The van der Waals surface area contributed by atoms with Crippen LogP contribution in [0.15, 0.2) is 4.99 Å². The van der Waals surface area contributed by atoms with Gasteiger partial charge in [-0.1, -0.05) is 0 Å². The van der Waals surface area contributed by atoms with Gasteiger partial charge in [0.1, 0.15) is 6.34 Å². The molecule has 9 heavy (non-hydrogen) atoms. The maximum absolute atomic E-state index is 5.57. The monoisotopic (exact) mass is 129 g/mol. The summed E-state index contributed by atoms with van der Waals surface area (Å²) in [6.45, 7) is 1.44. The third-order valence-electron chi connectivity index (χ3n) is 1.20. The first kappa shape index (κ1) is 6.51. The summed E-state index contributed by atoms with van der Waals surface area (Å²) >= 11 is 0. The molecule has 0 bridgehead atoms. The van der Waals surface area contributed by atoms with Gasteiger partial charge in [-0.15, -0.1) is 0 Å². The Hall–Kier alpha value is -0.610. The van der Waals surface area contributed by atoms with Gasteiger partial charge in [-0.2, -0.15) is 0 Å². The maximum atomic E-state index is 5.57. The van der Waals surface area contributed by atoms with E-state index in [0.29, 0.717) is 6.54 Å². The van der Waals surface area contributed by atoms with Gasteiger partial charge in [-0.25, -0.2) is 5.06 Å². The van der Waals surface area contributed by atoms with Crippen LogP contribution in [0.25, 0.3) is 0 Å². The minimum Gasteiger partial charge on any atom is -0.325 e. The van der Waals surface area contributed by atoms with Crippen LogP contribution in [-0.2, 0) is 4.84 Å². The molecular formula is C5H11N3O. The van der Waals surface area contributed by atoms with E-state index in [9.17, 15) is 0 Å². The second-order valence-electron chi connectivity index (χ2n) is 2.02. The summed E-state index contributed by atoms with van der Waals surface area (Å²) in [7, 11) is 1.60. The van der Waals surface area contributed by atoms with E-state index in [2.05, 4.69) is 4.99 Å². The standard InChI is InChI=1S/C5H11N3O/c1-9-8-3-5(6)2-7-4-8/h4-5H,2-3,6H2,1H3/t5-/m0/s1. The van der Waals surface area contributed by atoms with E-state index in [4.69, 9.17) is 10.6 Å². The first-order valence-electron chi connectivity index (χ1n) is 2.89. The van der Waals surface area contributed by atoms with Crippen molar-refractivity contribution >= 4 is 6.34 Å². The molecule has 1 heterocycles. The van der Waals surface area contributed by atoms with Crippen LogP contribution >= 0.6 is 0 Å². The molecule has 4 nitrogen and oxygen atoms in total. The van der Waals surface area contributed by atoms with Crippen LogP contribution in [-0.4, -0.2) is 37.6 Å². The number of aliphatic imine (C=N–C) groups is 1. The lowest BCUT2D eigenvalue weighted by Gasteiger charge is -2.23. The molecular weight excluding hydrogens is 118 g/mol. The molecule has 0 aromatic rings. The van der Waals surface area contributed by atoms with Crippen molar-refractivity contribution in [3.05, 3.63) is 0 Å². The average Bonchev–Trinajstić information content (AvgIpc) is 1.88. The van der Waals surface area contributed by atoms with Crippen molar-refractivity contribution in [2.75, 3.05) is 20.2 Å². The molecule has 0 saturated heterocycles. The number of rotatable bonds is 1. The van der Waals surface area contributed by atoms with Gasteiger partial charge in [0.15, 0.2) is 0 Å². The molecule has 0 aliphatic carbocycles. The lowest BCUT2D eigenvalue weighted by Crippen LogP contribution is -2.41. The van der Waals surface area contributed by atoms with Crippen LogP contribution in [0, 0.1) is 0 Å². The lowest BCUT2D eigenvalue weighted by atomic mass is 10.3. The lowest BCUT2D eigenvalue weighted by molar-refractivity contribution is -0.0660. The first-order chi connectivity index (χ1) is 4.33. The highest BCUT2D eigenvalue weighted by Crippen LogP contribution is 1.93. The van der Waals surface area contributed by atoms with Gasteiger partial charge in [-0.05, 0) is 0 Å². The summed E-state index contributed by atoms with van der Waals surface area (Å²) in [5.41, 5.74) is 5.57. The number of hydrogen-bond donors (Lipinski definition) is 1. The van der Waals surface area contributed by atoms with Crippen LogP contribution < -0.4 is 5.73 Å². The smallest absolute Gasteiger partial charge is 0.110 e. The summed E-state index contributed by atoms with van der Waals surface area (Å²) < 4.78 is 0. The van der Waals surface area contributed by atoms with E-state index in [1.165, 1.54) is 0 Å². The Bertz CT molecular complexity index is 115. The molecule has 0 unspecified atom stereocenters. The van der Waals surface area contributed by atoms with Crippen molar-refractivity contribution < 1.29 is 4.84 Å². The fourth-order valence-corrected chi connectivity index (χ4v) is 0.731. The highest BCUT2D eigenvalue weighted by Gasteiger charge is 2.10. The summed E-state index contributed by atoms with van der Waals surface area (Å²) in [5.74, 6) is 0. The molecule has 0 saturated carbocycles. The minimum atomic E-state index is 0.120. The van der Waals surface area contributed by atoms with Crippen molar-refractivity contribution in [3.63, 3.8) is 0 Å². The van der Waals surface area contributed by atoms with Gasteiger partial charge in [0, 0.05) is 6.04 Å². The molecule has 1 aliphatic rings. The molecule has 0 fully saturated rings. The topological polar surface area (TPSA) is 50.8 Å². The predicted molar refractivity (Wildman–Crippen MR) is 35.0 cm³/mol. The van der Waals surface area contributed by atoms with Crippen LogP contribution in [0.5, 0.6) is 0 Å². The van der Waals surface area contributed by atoms with Crippen molar-refractivity contribution in [2.45, 2.75) is 6.04 Å². The zero-order valence-electron chi connectivity index (χ0n) is 5.45. The fourth-order valence-electron chi connectivity index (χ4n) is 0.731. The quantitative estimate of drug-likeness (QED) is 0.505. The van der Waals surface area contributed by atoms with Crippen molar-refractivity contribution in [3.8, 4) is 0 Å². The van der Waals surface area contributed by atoms with Gasteiger partial charge in [0.25, 0.3) is 0 Å². The largest absolute Gasteiger partial charge is 0.325 e. The highest BCUT2D eigenvalue weighted by molar-refractivity contribution is 5.54. The van der Waals surface area contributed by atoms with Gasteiger partial charge in [-0.3, -0.25) is 9.83 Å². The number of nitrogens with two attached hydrogens (primary N) is 1. The van der Waals surface area contributed by atoms with E-state index in [1.54, 1.807) is 18.5 Å². The van der Waals surface area contributed by atoms with Crippen LogP contribution in [0.3, 0.4) is 0 Å². The second kappa shape index (κ2) is 2.80. The molecule has 52 valence electrons. The Balaban J connectivity index is 2.39. The second-order valence-corrected chi connectivity index (χ2v) is 2.02. The molecule has 0 aromatic heterocycles. The molecule has 0 aromatic carbocycles. The van der Waals surface area contributed by atoms with Gasteiger partial charge >= 0.3 is 0 Å². The molecule has 0 spiro atoms. The van der Waals surface area contributed by atoms with Gasteiger partial charge in [0.05, 0.1) is 20.2 Å². The normalized spacial score (nSPS) is 26.9. The van der Waals surface area contributed by atoms with Gasteiger partial charge < -0.3 is 5.73 Å². The zero-order valence-corrected chi connectivity index (χ0v) is 5.45. The first-order valence-corrected chi connectivity index (χ1v) is 2.89. The summed E-state index contributed by atoms with van der Waals surface area (Å²) in [6.07, 6.45) is 1.66. The number of hydrogen-bond acceptors (Lipinski definition) is 4. The highest BCUT2D eigenvalue weighted by atomic mass is 16.7. The fraction of sp³-hybridized carbons (Fsp3) is 0.800. The van der Waals surface area contributed by atoms with Crippen LogP contribution in [0.2, 0.25) is 0 Å². The molecule has 4 heteroatoms. The zero-order chi connectivity index (χ0) is 6.69. The molecule has 2 N–H and O–H groups in total. The van der Waals surface area contributed by atoms with Crippen molar-refractivity contribution in [1.82, 2.24) is 5.06 Å². The van der Waals surface area contributed by atoms with E-state index in [-0.39, 0.29) is 6.04 Å². The Morgan fingerprint density at radius 3 is 3.11 bits per heavy atom. The number of hydroxylamine groups is 2. The predicted octanol–water partition coefficient (Wildman–Crippen LogP) is -0.781. The minimum absolute atomic E-state index is 0.120. The van der Waals surface area contributed by atoms with Crippen LogP contribution in [0.1, 0.15) is 0 Å². The maximum Gasteiger partial charge on any atom is 0.110 e. The average molecular weight is 129 g/mol. The summed E-state index contributed by atoms with van der Waals surface area (Å²) in [5, 5.41) is 1.62. The van der Waals surface area contributed by atoms with Gasteiger partial charge in [0.2, 0.25) is 0 Å². The third kappa shape index (κ3) is 1.65. The van der Waals surface area contributed by atoms with Crippen LogP contribution in [0.4, 0.5) is 0 Å². The Labute approximate surface area is 54.3 Å². The SMILES string of the molecule is CON1C=NC[C@H](N)C1. The van der Waals surface area contributed by atoms with Crippen molar-refractivity contribution in [2.24, 2.45) is 10.7 Å². The van der Waals surface area contributed by atoms with E-state index < -0.39 is 0 Å². The molecule has 1 atom stereocenters. The number of nitrogens with zero attached hydrogens (tertiary/aromatic N) is 2. The Morgan fingerprint density at radius 2 is 2.67 bits per heavy atom. The van der Waals surface area contributed by atoms with E-state index >= 15 is 0 Å². The van der Waals surface area contributed by atoms with Crippen molar-refractivity contribution in [1.29, 1.82) is 0 Å². The summed E-state index contributed by atoms with van der Waals surface area (Å²) in [6, 6.07) is 0.120.